The van der Waals surface area contributed by atoms with Gasteiger partial charge in [-0.1, -0.05) is 74.5 Å². The molecule has 2 aromatic carbocycles. The molecule has 0 heterocycles. The number of methoxy groups -OCH3 is 1. The molecule has 5 atom stereocenters. The van der Waals surface area contributed by atoms with Crippen LogP contribution in [0, 0.1) is 11.8 Å². The number of primary amides is 1. The first-order valence-electron chi connectivity index (χ1n) is 13.6. The summed E-state index contributed by atoms with van der Waals surface area (Å²) in [6.07, 6.45) is -2.04. The molecule has 0 bridgehead atoms. The van der Waals surface area contributed by atoms with E-state index in [0.717, 1.165) is 11.1 Å². The van der Waals surface area contributed by atoms with E-state index in [4.69, 9.17) is 10.5 Å². The number of carbonyl (C=O) groups excluding carboxylic acids is 3. The third-order valence-electron chi connectivity index (χ3n) is 6.55. The second kappa shape index (κ2) is 17.7. The first kappa shape index (κ1) is 33.3. The van der Waals surface area contributed by atoms with Crippen molar-refractivity contribution in [3.05, 3.63) is 71.8 Å². The summed E-state index contributed by atoms with van der Waals surface area (Å²) in [6.45, 7) is 4.37. The average Bonchev–Trinajstić information content (AvgIpc) is 2.94. The van der Waals surface area contributed by atoms with E-state index in [9.17, 15) is 24.6 Å². The topological polar surface area (TPSA) is 151 Å². The van der Waals surface area contributed by atoms with Gasteiger partial charge in [-0.2, -0.15) is 11.8 Å². The molecule has 0 saturated carbocycles. The van der Waals surface area contributed by atoms with Crippen molar-refractivity contribution in [3.8, 4) is 0 Å². The molecule has 0 saturated heterocycles. The number of rotatable bonds is 18. The Hall–Kier alpha value is -2.92. The Labute approximate surface area is 241 Å². The lowest BCUT2D eigenvalue weighted by atomic mass is 9.89. The van der Waals surface area contributed by atoms with E-state index >= 15 is 0 Å². The Morgan fingerprint density at radius 1 is 0.975 bits per heavy atom. The lowest BCUT2D eigenvalue weighted by Crippen LogP contribution is -2.52. The van der Waals surface area contributed by atoms with Crippen LogP contribution in [0.3, 0.4) is 0 Å². The molecule has 0 aromatic heterocycles. The van der Waals surface area contributed by atoms with E-state index in [1.165, 1.54) is 11.8 Å². The number of amides is 3. The Kier molecular flexibility index (Phi) is 14.7. The summed E-state index contributed by atoms with van der Waals surface area (Å²) in [6, 6.07) is 17.9. The Morgan fingerprint density at radius 2 is 1.60 bits per heavy atom. The van der Waals surface area contributed by atoms with Gasteiger partial charge in [-0.05, 0) is 29.9 Å². The van der Waals surface area contributed by atoms with Gasteiger partial charge in [0, 0.05) is 31.7 Å². The first-order valence-corrected chi connectivity index (χ1v) is 14.6. The number of aliphatic hydroxyl groups is 2. The van der Waals surface area contributed by atoms with Crippen molar-refractivity contribution in [2.45, 2.75) is 56.6 Å². The summed E-state index contributed by atoms with van der Waals surface area (Å²) in [5.41, 5.74) is 6.98. The minimum atomic E-state index is -1.25. The van der Waals surface area contributed by atoms with Crippen molar-refractivity contribution in [2.75, 3.05) is 26.0 Å². The van der Waals surface area contributed by atoms with Crippen LogP contribution >= 0.6 is 11.8 Å². The highest BCUT2D eigenvalue weighted by atomic mass is 32.2. The van der Waals surface area contributed by atoms with Crippen LogP contribution in [0.4, 0.5) is 0 Å². The largest absolute Gasteiger partial charge is 0.390 e. The molecule has 220 valence electrons. The van der Waals surface area contributed by atoms with Gasteiger partial charge in [0.1, 0.15) is 6.04 Å². The van der Waals surface area contributed by atoms with Crippen molar-refractivity contribution < 1.29 is 29.3 Å². The number of ether oxygens (including phenoxy) is 1. The molecule has 2 aromatic rings. The third-order valence-corrected chi connectivity index (χ3v) is 7.90. The SMILES string of the molecule is COCCNC(=O)[C@@H](NC(=O)[C@H](Cc1ccccc1)C[C@H](O)[C@@H](O)[C@H](SCCC(N)=O)c1ccccc1)C(C)C. The molecule has 0 unspecified atom stereocenters. The number of nitrogens with two attached hydrogens (primary N) is 1. The maximum Gasteiger partial charge on any atom is 0.242 e. The summed E-state index contributed by atoms with van der Waals surface area (Å²) in [7, 11) is 1.54. The molecule has 0 radical (unpaired) electrons. The van der Waals surface area contributed by atoms with E-state index in [0.29, 0.717) is 25.3 Å². The lowest BCUT2D eigenvalue weighted by molar-refractivity contribution is -0.133. The standard InChI is InChI=1S/C30H43N3O6S/c1-20(2)26(30(38)32-15-16-39-3)33-29(37)23(18-21-10-6-4-7-11-21)19-24(34)27(36)28(40-17-14-25(31)35)22-12-8-5-9-13-22/h4-13,20,23-24,26-28,34,36H,14-19H2,1-3H3,(H2,31,35)(H,32,38)(H,33,37)/t23-,24+,26+,27-,28-/m1/s1. The average molecular weight is 574 g/mol. The second-order valence-corrected chi connectivity index (χ2v) is 11.4. The van der Waals surface area contributed by atoms with Crippen molar-refractivity contribution in [2.24, 2.45) is 17.6 Å². The van der Waals surface area contributed by atoms with Gasteiger partial charge in [0.05, 0.1) is 24.1 Å². The van der Waals surface area contributed by atoms with Gasteiger partial charge in [0.2, 0.25) is 17.7 Å². The van der Waals surface area contributed by atoms with E-state index in [-0.39, 0.29) is 30.6 Å². The zero-order valence-corrected chi connectivity index (χ0v) is 24.3. The summed E-state index contributed by atoms with van der Waals surface area (Å²) in [5.74, 6) is -1.65. The zero-order valence-electron chi connectivity index (χ0n) is 23.5. The highest BCUT2D eigenvalue weighted by molar-refractivity contribution is 7.99. The Bertz CT molecular complexity index is 1040. The summed E-state index contributed by atoms with van der Waals surface area (Å²) in [4.78, 5) is 37.7. The van der Waals surface area contributed by atoms with Gasteiger partial charge in [-0.25, -0.2) is 0 Å². The molecule has 0 spiro atoms. The monoisotopic (exact) mass is 573 g/mol. The number of benzene rings is 2. The van der Waals surface area contributed by atoms with Crippen molar-refractivity contribution in [1.29, 1.82) is 0 Å². The Balaban J connectivity index is 2.24. The second-order valence-electron chi connectivity index (χ2n) is 10.1. The number of hydrogen-bond acceptors (Lipinski definition) is 7. The summed E-state index contributed by atoms with van der Waals surface area (Å²) in [5, 5.41) is 27.6. The number of thioether (sulfide) groups is 1. The van der Waals surface area contributed by atoms with Gasteiger partial charge >= 0.3 is 0 Å². The molecule has 0 fully saturated rings. The van der Waals surface area contributed by atoms with Crippen LogP contribution in [0.1, 0.15) is 43.1 Å². The molecule has 10 heteroatoms. The highest BCUT2D eigenvalue weighted by Crippen LogP contribution is 2.35. The predicted octanol–water partition coefficient (Wildman–Crippen LogP) is 2.21. The molecule has 0 aliphatic carbocycles. The minimum absolute atomic E-state index is 0.0300. The van der Waals surface area contributed by atoms with Gasteiger partial charge < -0.3 is 31.3 Å². The van der Waals surface area contributed by atoms with Crippen LogP contribution in [-0.4, -0.2) is 72.2 Å². The van der Waals surface area contributed by atoms with Crippen molar-refractivity contribution in [1.82, 2.24) is 10.6 Å². The van der Waals surface area contributed by atoms with Gasteiger partial charge in [0.25, 0.3) is 0 Å². The molecular weight excluding hydrogens is 530 g/mol. The fourth-order valence-electron chi connectivity index (χ4n) is 4.33. The van der Waals surface area contributed by atoms with Crippen molar-refractivity contribution in [3.63, 3.8) is 0 Å². The van der Waals surface area contributed by atoms with E-state index in [1.807, 2.05) is 74.5 Å². The molecule has 6 N–H and O–H groups in total. The smallest absolute Gasteiger partial charge is 0.242 e. The quantitative estimate of drug-likeness (QED) is 0.172. The summed E-state index contributed by atoms with van der Waals surface area (Å²) >= 11 is 1.33. The first-order chi connectivity index (χ1) is 19.1. The third kappa shape index (κ3) is 11.3. The van der Waals surface area contributed by atoms with Crippen LogP contribution < -0.4 is 16.4 Å². The van der Waals surface area contributed by atoms with E-state index < -0.39 is 35.3 Å². The summed E-state index contributed by atoms with van der Waals surface area (Å²) < 4.78 is 4.99. The highest BCUT2D eigenvalue weighted by Gasteiger charge is 2.34. The van der Waals surface area contributed by atoms with Crippen LogP contribution in [0.15, 0.2) is 60.7 Å². The maximum atomic E-state index is 13.6. The van der Waals surface area contributed by atoms with E-state index in [1.54, 1.807) is 7.11 Å². The normalized spacial score (nSPS) is 15.1. The Morgan fingerprint density at radius 3 is 2.17 bits per heavy atom. The van der Waals surface area contributed by atoms with Crippen LogP contribution in [0.25, 0.3) is 0 Å². The maximum absolute atomic E-state index is 13.6. The predicted molar refractivity (Wildman–Crippen MR) is 157 cm³/mol. The van der Waals surface area contributed by atoms with Crippen molar-refractivity contribution >= 4 is 29.5 Å². The van der Waals surface area contributed by atoms with Crippen LogP contribution in [-0.2, 0) is 25.5 Å². The molecule has 3 amide bonds. The molecule has 2 rings (SSSR count). The number of carbonyl (C=O) groups is 3. The van der Waals surface area contributed by atoms with Gasteiger partial charge in [0.15, 0.2) is 0 Å². The number of nitrogens with one attached hydrogen (secondary N) is 2. The molecule has 0 aliphatic heterocycles. The number of aliphatic hydroxyl groups excluding tert-OH is 2. The van der Waals surface area contributed by atoms with E-state index in [2.05, 4.69) is 10.6 Å². The minimum Gasteiger partial charge on any atom is -0.390 e. The van der Waals surface area contributed by atoms with Gasteiger partial charge in [-0.15, -0.1) is 0 Å². The molecule has 0 aliphatic rings. The molecular formula is C30H43N3O6S. The zero-order chi connectivity index (χ0) is 29.5. The van der Waals surface area contributed by atoms with Gasteiger partial charge in [-0.3, -0.25) is 14.4 Å². The molecule has 40 heavy (non-hydrogen) atoms. The fourth-order valence-corrected chi connectivity index (χ4v) is 5.63. The number of hydrogen-bond donors (Lipinski definition) is 5. The fraction of sp³-hybridized carbons (Fsp3) is 0.500. The van der Waals surface area contributed by atoms with Crippen LogP contribution in [0.5, 0.6) is 0 Å². The molecule has 9 nitrogen and oxygen atoms in total. The van der Waals surface area contributed by atoms with Crippen LogP contribution in [0.2, 0.25) is 0 Å². The lowest BCUT2D eigenvalue weighted by Gasteiger charge is -2.30.